The highest BCUT2D eigenvalue weighted by atomic mass is 16.3. The van der Waals surface area contributed by atoms with Gasteiger partial charge in [-0.25, -0.2) is 0 Å². The highest BCUT2D eigenvalue weighted by Crippen LogP contribution is 2.22. The highest BCUT2D eigenvalue weighted by Gasteiger charge is 2.08. The topological polar surface area (TPSA) is 39.3 Å². The van der Waals surface area contributed by atoms with Gasteiger partial charge in [-0.05, 0) is 18.6 Å². The summed E-state index contributed by atoms with van der Waals surface area (Å²) in [5.41, 5.74) is 1.17. The number of aliphatic hydroxyl groups is 1. The van der Waals surface area contributed by atoms with Crippen LogP contribution in [0.4, 0.5) is 5.82 Å². The van der Waals surface area contributed by atoms with E-state index in [2.05, 4.69) is 47.1 Å². The summed E-state index contributed by atoms with van der Waals surface area (Å²) in [5, 5.41) is 10.6. The number of para-hydroxylation sites is 1. The summed E-state index contributed by atoms with van der Waals surface area (Å²) >= 11 is 0. The number of nitrogens with one attached hydrogen (secondary N) is 1. The van der Waals surface area contributed by atoms with Crippen LogP contribution >= 0.6 is 0 Å². The predicted octanol–water partition coefficient (Wildman–Crippen LogP) is 5.11. The van der Waals surface area contributed by atoms with Crippen LogP contribution in [0, 0.1) is 0 Å². The van der Waals surface area contributed by atoms with Crippen molar-refractivity contribution < 1.29 is 5.11 Å². The first kappa shape index (κ1) is 17.9. The number of hydrogen-bond acceptors (Lipinski definition) is 2. The number of unbranched alkanes of at least 4 members (excludes halogenated alkanes) is 7. The van der Waals surface area contributed by atoms with Gasteiger partial charge in [0.1, 0.15) is 5.82 Å². The number of rotatable bonds is 12. The maximum absolute atomic E-state index is 9.34. The molecule has 3 nitrogen and oxygen atoms in total. The Balaban J connectivity index is 1.75. The molecule has 0 aliphatic rings. The van der Waals surface area contributed by atoms with E-state index in [4.69, 9.17) is 0 Å². The Morgan fingerprint density at radius 1 is 0.913 bits per heavy atom. The lowest BCUT2D eigenvalue weighted by molar-refractivity contribution is 0.301. The van der Waals surface area contributed by atoms with Gasteiger partial charge < -0.3 is 15.0 Å². The zero-order valence-corrected chi connectivity index (χ0v) is 14.6. The Kier molecular flexibility index (Phi) is 8.02. The molecule has 0 spiro atoms. The summed E-state index contributed by atoms with van der Waals surface area (Å²) in [6.07, 6.45) is 10.7. The Hall–Kier alpha value is -1.48. The number of hydrogen-bond donors (Lipinski definition) is 2. The van der Waals surface area contributed by atoms with Crippen LogP contribution in [-0.4, -0.2) is 29.8 Å². The van der Waals surface area contributed by atoms with Crippen LogP contribution in [-0.2, 0) is 0 Å². The van der Waals surface area contributed by atoms with Gasteiger partial charge in [0.15, 0.2) is 0 Å². The van der Waals surface area contributed by atoms with Gasteiger partial charge in [-0.3, -0.25) is 0 Å². The average molecular weight is 316 g/mol. The second-order valence-electron chi connectivity index (χ2n) is 6.43. The number of benzene rings is 1. The lowest BCUT2D eigenvalue weighted by atomic mass is 10.1. The molecule has 0 saturated carbocycles. The minimum absolute atomic E-state index is 0.201. The molecular weight excluding hydrogens is 284 g/mol. The van der Waals surface area contributed by atoms with E-state index in [1.54, 1.807) is 0 Å². The number of H-pyrrole nitrogens is 1. The molecule has 0 fully saturated rings. The highest BCUT2D eigenvalue weighted by molar-refractivity contribution is 5.83. The Bertz CT molecular complexity index is 516. The van der Waals surface area contributed by atoms with Crippen molar-refractivity contribution >= 4 is 16.7 Å². The van der Waals surface area contributed by atoms with Crippen LogP contribution in [0.15, 0.2) is 30.3 Å². The van der Waals surface area contributed by atoms with Gasteiger partial charge >= 0.3 is 0 Å². The smallest absolute Gasteiger partial charge is 0.106 e. The monoisotopic (exact) mass is 316 g/mol. The van der Waals surface area contributed by atoms with Gasteiger partial charge in [-0.15, -0.1) is 0 Å². The van der Waals surface area contributed by atoms with Gasteiger partial charge in [-0.1, -0.05) is 70.1 Å². The summed E-state index contributed by atoms with van der Waals surface area (Å²) in [6, 6.07) is 10.5. The van der Waals surface area contributed by atoms with Crippen molar-refractivity contribution in [3.63, 3.8) is 0 Å². The molecule has 0 atom stereocenters. The molecule has 0 saturated heterocycles. The Labute approximate surface area is 140 Å². The normalized spacial score (nSPS) is 11.2. The molecule has 0 unspecified atom stereocenters. The predicted molar refractivity (Wildman–Crippen MR) is 100 cm³/mol. The fourth-order valence-electron chi connectivity index (χ4n) is 3.14. The molecule has 0 aliphatic heterocycles. The lowest BCUT2D eigenvalue weighted by Gasteiger charge is -2.22. The van der Waals surface area contributed by atoms with Crippen LogP contribution in [0.1, 0.15) is 58.3 Å². The number of anilines is 1. The molecule has 0 radical (unpaired) electrons. The van der Waals surface area contributed by atoms with Crippen LogP contribution < -0.4 is 4.90 Å². The first-order valence-corrected chi connectivity index (χ1v) is 9.28. The second-order valence-corrected chi connectivity index (χ2v) is 6.43. The van der Waals surface area contributed by atoms with E-state index < -0.39 is 0 Å². The molecule has 2 rings (SSSR count). The number of aromatic nitrogens is 1. The van der Waals surface area contributed by atoms with Gasteiger partial charge in [0, 0.05) is 24.0 Å². The SMILES string of the molecule is CCCCCCCCCCN(CCO)c1cc2ccccc2[nH]1. The summed E-state index contributed by atoms with van der Waals surface area (Å²) in [5.74, 6) is 1.13. The van der Waals surface area contributed by atoms with Crippen LogP contribution in [0.3, 0.4) is 0 Å². The average Bonchev–Trinajstić information content (AvgIpc) is 3.00. The number of aliphatic hydroxyl groups excluding tert-OH is 1. The van der Waals surface area contributed by atoms with E-state index in [-0.39, 0.29) is 6.61 Å². The maximum Gasteiger partial charge on any atom is 0.106 e. The first-order valence-electron chi connectivity index (χ1n) is 9.28. The Morgan fingerprint density at radius 3 is 2.30 bits per heavy atom. The molecule has 0 bridgehead atoms. The molecule has 2 N–H and O–H groups in total. The molecule has 1 aromatic heterocycles. The number of aromatic amines is 1. The molecule has 1 heterocycles. The molecule has 0 aliphatic carbocycles. The number of fused-ring (bicyclic) bond motifs is 1. The van der Waals surface area contributed by atoms with E-state index in [0.29, 0.717) is 6.54 Å². The zero-order valence-electron chi connectivity index (χ0n) is 14.6. The van der Waals surface area contributed by atoms with Gasteiger partial charge in [0.2, 0.25) is 0 Å². The molecule has 1 aromatic carbocycles. The fourth-order valence-corrected chi connectivity index (χ4v) is 3.14. The largest absolute Gasteiger partial charge is 0.395 e. The summed E-state index contributed by atoms with van der Waals surface area (Å²) < 4.78 is 0. The zero-order chi connectivity index (χ0) is 16.3. The minimum atomic E-state index is 0.201. The summed E-state index contributed by atoms with van der Waals surface area (Å²) in [4.78, 5) is 5.75. The minimum Gasteiger partial charge on any atom is -0.395 e. The van der Waals surface area contributed by atoms with Crippen molar-refractivity contribution in [2.24, 2.45) is 0 Å². The molecule has 0 amide bonds. The molecular formula is C20H32N2O. The third-order valence-corrected chi connectivity index (χ3v) is 4.51. The van der Waals surface area contributed by atoms with E-state index in [1.807, 2.05) is 0 Å². The van der Waals surface area contributed by atoms with Crippen LogP contribution in [0.2, 0.25) is 0 Å². The van der Waals surface area contributed by atoms with Gasteiger partial charge in [0.05, 0.1) is 6.61 Å². The Morgan fingerprint density at radius 2 is 1.61 bits per heavy atom. The van der Waals surface area contributed by atoms with Crippen molar-refractivity contribution in [1.82, 2.24) is 4.98 Å². The standard InChI is InChI=1S/C20H32N2O/c1-2-3-4-5-6-7-8-11-14-22(15-16-23)20-17-18-12-9-10-13-19(18)21-20/h9-10,12-13,17,21,23H,2-8,11,14-16H2,1H3. The third kappa shape index (κ3) is 5.91. The quantitative estimate of drug-likeness (QED) is 0.534. The second kappa shape index (κ2) is 10.3. The van der Waals surface area contributed by atoms with E-state index in [0.717, 1.165) is 12.4 Å². The van der Waals surface area contributed by atoms with Crippen molar-refractivity contribution in [2.75, 3.05) is 24.6 Å². The van der Waals surface area contributed by atoms with Crippen molar-refractivity contribution in [1.29, 1.82) is 0 Å². The van der Waals surface area contributed by atoms with E-state index in [9.17, 15) is 5.11 Å². The lowest BCUT2D eigenvalue weighted by Crippen LogP contribution is -2.28. The van der Waals surface area contributed by atoms with E-state index in [1.165, 1.54) is 62.3 Å². The van der Waals surface area contributed by atoms with Crippen LogP contribution in [0.25, 0.3) is 10.9 Å². The van der Waals surface area contributed by atoms with E-state index >= 15 is 0 Å². The van der Waals surface area contributed by atoms with Gasteiger partial charge in [0.25, 0.3) is 0 Å². The number of nitrogens with zero attached hydrogens (tertiary/aromatic N) is 1. The van der Waals surface area contributed by atoms with Crippen molar-refractivity contribution in [2.45, 2.75) is 58.3 Å². The first-order chi connectivity index (χ1) is 11.3. The molecule has 2 aromatic rings. The third-order valence-electron chi connectivity index (χ3n) is 4.51. The molecule has 128 valence electrons. The van der Waals surface area contributed by atoms with Crippen molar-refractivity contribution in [3.05, 3.63) is 30.3 Å². The van der Waals surface area contributed by atoms with Gasteiger partial charge in [-0.2, -0.15) is 0 Å². The molecule has 23 heavy (non-hydrogen) atoms. The maximum atomic E-state index is 9.34. The fraction of sp³-hybridized carbons (Fsp3) is 0.600. The molecule has 3 heteroatoms. The summed E-state index contributed by atoms with van der Waals surface area (Å²) in [7, 11) is 0. The van der Waals surface area contributed by atoms with Crippen LogP contribution in [0.5, 0.6) is 0 Å². The summed E-state index contributed by atoms with van der Waals surface area (Å²) in [6.45, 7) is 4.18. The van der Waals surface area contributed by atoms with Crippen molar-refractivity contribution in [3.8, 4) is 0 Å².